The molecule has 0 aliphatic rings. The number of aryl methyl sites for hydroxylation is 1. The summed E-state index contributed by atoms with van der Waals surface area (Å²) in [7, 11) is 0. The van der Waals surface area contributed by atoms with Gasteiger partial charge in [0.1, 0.15) is 0 Å². The van der Waals surface area contributed by atoms with E-state index in [2.05, 4.69) is 15.4 Å². The van der Waals surface area contributed by atoms with Crippen LogP contribution in [0.2, 0.25) is 0 Å². The van der Waals surface area contributed by atoms with E-state index in [9.17, 15) is 0 Å². The molecular weight excluding hydrogens is 204 g/mol. The highest BCUT2D eigenvalue weighted by atomic mass is 32.2. The van der Waals surface area contributed by atoms with Crippen molar-refractivity contribution in [2.75, 3.05) is 0 Å². The van der Waals surface area contributed by atoms with E-state index in [1.807, 2.05) is 6.92 Å². The van der Waals surface area contributed by atoms with Crippen LogP contribution in [0.25, 0.3) is 0 Å². The lowest BCUT2D eigenvalue weighted by atomic mass is 10.3. The van der Waals surface area contributed by atoms with Crippen molar-refractivity contribution < 1.29 is 9.62 Å². The Kier molecular flexibility index (Phi) is 3.75. The molecule has 0 radical (unpaired) electrons. The minimum absolute atomic E-state index is 0.139. The molecule has 3 N–H and O–H groups in total. The molecule has 0 spiro atoms. The molecule has 78 valence electrons. The predicted octanol–water partition coefficient (Wildman–Crippen LogP) is 0.995. The van der Waals surface area contributed by atoms with Crippen molar-refractivity contribution >= 4 is 17.6 Å². The number of amidine groups is 1. The third kappa shape index (κ3) is 2.63. The van der Waals surface area contributed by atoms with Crippen LogP contribution in [0.4, 0.5) is 0 Å². The van der Waals surface area contributed by atoms with Gasteiger partial charge in [0.2, 0.25) is 5.89 Å². The first-order valence-corrected chi connectivity index (χ1v) is 4.99. The quantitative estimate of drug-likeness (QED) is 0.256. The molecule has 0 aromatic carbocycles. The van der Waals surface area contributed by atoms with E-state index in [4.69, 9.17) is 15.4 Å². The molecule has 1 heterocycles. The van der Waals surface area contributed by atoms with Gasteiger partial charge in [0.05, 0.1) is 5.25 Å². The summed E-state index contributed by atoms with van der Waals surface area (Å²) in [5.74, 6) is 0.662. The van der Waals surface area contributed by atoms with Crippen molar-refractivity contribution in [2.24, 2.45) is 10.9 Å². The Balaban J connectivity index is 2.66. The van der Waals surface area contributed by atoms with Gasteiger partial charge in [-0.1, -0.05) is 23.8 Å². The van der Waals surface area contributed by atoms with Crippen LogP contribution in [0.3, 0.4) is 0 Å². The molecule has 1 aromatic rings. The van der Waals surface area contributed by atoms with Gasteiger partial charge in [-0.2, -0.15) is 0 Å². The number of oxime groups is 1. The van der Waals surface area contributed by atoms with E-state index in [1.54, 1.807) is 6.92 Å². The van der Waals surface area contributed by atoms with Crippen LogP contribution in [0.15, 0.2) is 14.8 Å². The Hall–Kier alpha value is -1.24. The topological polar surface area (TPSA) is 97.5 Å². The summed E-state index contributed by atoms with van der Waals surface area (Å²) in [6, 6.07) is 0. The Bertz CT molecular complexity index is 325. The standard InChI is InChI=1S/C7H12N4O2S/c1-3-5(6(8)11-12)14-7-10-9-4(2)13-7/h5,12H,3H2,1-2H3,(H2,8,11). The van der Waals surface area contributed by atoms with Crippen molar-refractivity contribution in [3.8, 4) is 0 Å². The fourth-order valence-electron chi connectivity index (χ4n) is 0.865. The monoisotopic (exact) mass is 216 g/mol. The Morgan fingerprint density at radius 3 is 2.86 bits per heavy atom. The van der Waals surface area contributed by atoms with E-state index >= 15 is 0 Å². The molecule has 0 fully saturated rings. The fourth-order valence-corrected chi connectivity index (χ4v) is 1.70. The SMILES string of the molecule is CCC(Sc1nnc(C)o1)C(N)=NO. The minimum atomic E-state index is -0.139. The molecule has 1 atom stereocenters. The number of hydrogen-bond acceptors (Lipinski definition) is 6. The molecule has 1 rings (SSSR count). The van der Waals surface area contributed by atoms with Gasteiger partial charge < -0.3 is 15.4 Å². The number of nitrogens with two attached hydrogens (primary N) is 1. The summed E-state index contributed by atoms with van der Waals surface area (Å²) in [4.78, 5) is 0. The summed E-state index contributed by atoms with van der Waals surface area (Å²) in [5, 5.41) is 19.2. The highest BCUT2D eigenvalue weighted by Gasteiger charge is 2.16. The van der Waals surface area contributed by atoms with Crippen molar-refractivity contribution in [1.29, 1.82) is 0 Å². The second-order valence-corrected chi connectivity index (χ2v) is 3.78. The third-order valence-corrected chi connectivity index (χ3v) is 2.79. The van der Waals surface area contributed by atoms with Gasteiger partial charge in [-0.15, -0.1) is 10.2 Å². The van der Waals surface area contributed by atoms with Crippen molar-refractivity contribution in [3.05, 3.63) is 5.89 Å². The molecule has 0 aliphatic carbocycles. The average molecular weight is 216 g/mol. The van der Waals surface area contributed by atoms with E-state index in [1.165, 1.54) is 11.8 Å². The molecule has 1 unspecified atom stereocenters. The second-order valence-electron chi connectivity index (χ2n) is 2.63. The Morgan fingerprint density at radius 2 is 2.43 bits per heavy atom. The number of aromatic nitrogens is 2. The zero-order valence-electron chi connectivity index (χ0n) is 7.97. The van der Waals surface area contributed by atoms with Crippen LogP contribution >= 0.6 is 11.8 Å². The Labute approximate surface area is 85.6 Å². The summed E-state index contributed by atoms with van der Waals surface area (Å²) in [6.45, 7) is 3.64. The highest BCUT2D eigenvalue weighted by molar-refractivity contribution is 8.00. The lowest BCUT2D eigenvalue weighted by molar-refractivity contribution is 0.317. The lowest BCUT2D eigenvalue weighted by Gasteiger charge is -2.08. The zero-order chi connectivity index (χ0) is 10.6. The second kappa shape index (κ2) is 4.85. The van der Waals surface area contributed by atoms with Crippen LogP contribution in [0.1, 0.15) is 19.2 Å². The summed E-state index contributed by atoms with van der Waals surface area (Å²) in [6.07, 6.45) is 0.724. The first-order chi connectivity index (χ1) is 6.67. The lowest BCUT2D eigenvalue weighted by Crippen LogP contribution is -2.25. The maximum atomic E-state index is 8.50. The van der Waals surface area contributed by atoms with Gasteiger partial charge in [0.15, 0.2) is 5.84 Å². The van der Waals surface area contributed by atoms with E-state index in [0.717, 1.165) is 6.42 Å². The first-order valence-electron chi connectivity index (χ1n) is 4.11. The van der Waals surface area contributed by atoms with Crippen molar-refractivity contribution in [2.45, 2.75) is 30.7 Å². The van der Waals surface area contributed by atoms with Crippen LogP contribution in [0.5, 0.6) is 0 Å². The molecule has 0 saturated heterocycles. The third-order valence-electron chi connectivity index (χ3n) is 1.57. The molecule has 6 nitrogen and oxygen atoms in total. The van der Waals surface area contributed by atoms with Gasteiger partial charge in [0, 0.05) is 6.92 Å². The number of hydrogen-bond donors (Lipinski definition) is 2. The largest absolute Gasteiger partial charge is 0.416 e. The minimum Gasteiger partial charge on any atom is -0.416 e. The fraction of sp³-hybridized carbons (Fsp3) is 0.571. The van der Waals surface area contributed by atoms with E-state index in [-0.39, 0.29) is 11.1 Å². The van der Waals surface area contributed by atoms with Crippen molar-refractivity contribution in [1.82, 2.24) is 10.2 Å². The summed E-state index contributed by atoms with van der Waals surface area (Å²) in [5.41, 5.74) is 5.47. The average Bonchev–Trinajstić information content (AvgIpc) is 2.59. The van der Waals surface area contributed by atoms with Crippen LogP contribution in [-0.2, 0) is 0 Å². The van der Waals surface area contributed by atoms with Crippen molar-refractivity contribution in [3.63, 3.8) is 0 Å². The molecule has 0 bridgehead atoms. The number of thioether (sulfide) groups is 1. The van der Waals surface area contributed by atoms with Crippen LogP contribution in [-0.4, -0.2) is 26.5 Å². The molecular formula is C7H12N4O2S. The number of rotatable bonds is 4. The molecule has 0 aliphatic heterocycles. The smallest absolute Gasteiger partial charge is 0.277 e. The maximum Gasteiger partial charge on any atom is 0.277 e. The summed E-state index contributed by atoms with van der Waals surface area (Å²) < 4.78 is 5.16. The molecule has 0 amide bonds. The van der Waals surface area contributed by atoms with Gasteiger partial charge in [-0.3, -0.25) is 0 Å². The molecule has 0 saturated carbocycles. The first kappa shape index (κ1) is 10.8. The molecule has 14 heavy (non-hydrogen) atoms. The van der Waals surface area contributed by atoms with Gasteiger partial charge in [-0.25, -0.2) is 0 Å². The molecule has 1 aromatic heterocycles. The van der Waals surface area contributed by atoms with Gasteiger partial charge in [-0.05, 0) is 6.42 Å². The van der Waals surface area contributed by atoms with E-state index in [0.29, 0.717) is 11.1 Å². The van der Waals surface area contributed by atoms with Gasteiger partial charge >= 0.3 is 0 Å². The normalized spacial score (nSPS) is 14.3. The highest BCUT2D eigenvalue weighted by Crippen LogP contribution is 2.23. The number of nitrogens with zero attached hydrogens (tertiary/aromatic N) is 3. The summed E-state index contributed by atoms with van der Waals surface area (Å²) >= 11 is 1.29. The van der Waals surface area contributed by atoms with Gasteiger partial charge in [0.25, 0.3) is 5.22 Å². The molecule has 7 heteroatoms. The van der Waals surface area contributed by atoms with Crippen LogP contribution in [0, 0.1) is 6.92 Å². The van der Waals surface area contributed by atoms with E-state index < -0.39 is 0 Å². The Morgan fingerprint density at radius 1 is 1.71 bits per heavy atom. The van der Waals surface area contributed by atoms with Crippen LogP contribution < -0.4 is 5.73 Å². The zero-order valence-corrected chi connectivity index (χ0v) is 8.78. The predicted molar refractivity (Wildman–Crippen MR) is 52.4 cm³/mol. The maximum absolute atomic E-state index is 8.50.